The maximum absolute atomic E-state index is 12.5. The van der Waals surface area contributed by atoms with E-state index < -0.39 is 0 Å². The fourth-order valence-corrected chi connectivity index (χ4v) is 3.64. The van der Waals surface area contributed by atoms with Gasteiger partial charge >= 0.3 is 0 Å². The molecule has 28 heavy (non-hydrogen) atoms. The van der Waals surface area contributed by atoms with Crippen LogP contribution in [0.25, 0.3) is 11.3 Å². The van der Waals surface area contributed by atoms with Crippen LogP contribution in [0.15, 0.2) is 59.9 Å². The Hall–Kier alpha value is -3.13. The largest absolute Gasteiger partial charge is 0.454 e. The van der Waals surface area contributed by atoms with Gasteiger partial charge in [0.25, 0.3) is 0 Å². The van der Waals surface area contributed by atoms with Crippen molar-refractivity contribution < 1.29 is 14.3 Å². The number of amides is 1. The molecule has 3 aromatic rings. The molecule has 2 aromatic carbocycles. The Kier molecular flexibility index (Phi) is 5.12. The minimum Gasteiger partial charge on any atom is -0.454 e. The minimum absolute atomic E-state index is 0.0908. The number of nitrogens with two attached hydrogens (primary N) is 1. The van der Waals surface area contributed by atoms with Gasteiger partial charge in [-0.25, -0.2) is 9.66 Å². The van der Waals surface area contributed by atoms with Gasteiger partial charge in [0.1, 0.15) is 0 Å². The van der Waals surface area contributed by atoms with Crippen molar-refractivity contribution in [2.45, 2.75) is 23.9 Å². The summed E-state index contributed by atoms with van der Waals surface area (Å²) in [6, 6.07) is 15.4. The number of hydrogen-bond donors (Lipinski definition) is 2. The Labute approximate surface area is 166 Å². The number of imidazole rings is 1. The number of benzene rings is 2. The van der Waals surface area contributed by atoms with Gasteiger partial charge in [-0.1, -0.05) is 48.2 Å². The van der Waals surface area contributed by atoms with Crippen molar-refractivity contribution in [3.05, 3.63) is 60.3 Å². The summed E-state index contributed by atoms with van der Waals surface area (Å²) in [5, 5.41) is 3.18. The number of hydrogen-bond acceptors (Lipinski definition) is 6. The highest BCUT2D eigenvalue weighted by Crippen LogP contribution is 2.32. The van der Waals surface area contributed by atoms with Gasteiger partial charge < -0.3 is 20.6 Å². The number of thioether (sulfide) groups is 1. The smallest absolute Gasteiger partial charge is 0.233 e. The second-order valence-electron chi connectivity index (χ2n) is 6.35. The molecule has 1 aliphatic rings. The Bertz CT molecular complexity index is 990. The molecule has 1 amide bonds. The summed E-state index contributed by atoms with van der Waals surface area (Å²) in [5.41, 5.74) is 2.70. The lowest BCUT2D eigenvalue weighted by Crippen LogP contribution is -2.30. The van der Waals surface area contributed by atoms with Gasteiger partial charge in [-0.2, -0.15) is 0 Å². The van der Waals surface area contributed by atoms with Crippen LogP contribution in [0.2, 0.25) is 0 Å². The number of carbonyl (C=O) groups is 1. The van der Waals surface area contributed by atoms with Crippen molar-refractivity contribution in [2.75, 3.05) is 12.6 Å². The van der Waals surface area contributed by atoms with Gasteiger partial charge in [0.15, 0.2) is 16.7 Å². The fraction of sp³-hybridized carbons (Fsp3) is 0.200. The summed E-state index contributed by atoms with van der Waals surface area (Å²) in [6.45, 7) is 2.47. The lowest BCUT2D eigenvalue weighted by molar-refractivity contribution is -0.120. The Morgan fingerprint density at radius 3 is 2.86 bits per heavy atom. The molecule has 0 saturated carbocycles. The molecule has 4 rings (SSSR count). The van der Waals surface area contributed by atoms with E-state index in [1.165, 1.54) is 16.4 Å². The first-order valence-corrected chi connectivity index (χ1v) is 9.71. The SMILES string of the molecule is C[C@H](Sc1nc(-c2ccccc2)cn1N)C(=O)NCc1ccc2c(c1)OCO2. The minimum atomic E-state index is -0.345. The van der Waals surface area contributed by atoms with Crippen LogP contribution in [0.3, 0.4) is 0 Å². The van der Waals surface area contributed by atoms with E-state index in [9.17, 15) is 4.79 Å². The molecule has 144 valence electrons. The zero-order chi connectivity index (χ0) is 19.5. The summed E-state index contributed by atoms with van der Waals surface area (Å²) < 4.78 is 12.1. The molecule has 0 bridgehead atoms. The average Bonchev–Trinajstić information content (AvgIpc) is 3.33. The highest BCUT2D eigenvalue weighted by Gasteiger charge is 2.19. The van der Waals surface area contributed by atoms with Crippen molar-refractivity contribution in [3.63, 3.8) is 0 Å². The van der Waals surface area contributed by atoms with Crippen molar-refractivity contribution in [2.24, 2.45) is 0 Å². The molecule has 1 aromatic heterocycles. The second kappa shape index (κ2) is 7.85. The monoisotopic (exact) mass is 396 g/mol. The molecule has 0 saturated heterocycles. The Morgan fingerprint density at radius 2 is 2.04 bits per heavy atom. The number of rotatable bonds is 6. The molecule has 1 atom stereocenters. The van der Waals surface area contributed by atoms with Crippen LogP contribution in [0.4, 0.5) is 0 Å². The van der Waals surface area contributed by atoms with E-state index >= 15 is 0 Å². The first-order valence-electron chi connectivity index (χ1n) is 8.83. The zero-order valence-corrected chi connectivity index (χ0v) is 16.1. The molecule has 7 nitrogen and oxygen atoms in total. The van der Waals surface area contributed by atoms with E-state index in [1.807, 2.05) is 55.5 Å². The van der Waals surface area contributed by atoms with E-state index in [1.54, 1.807) is 6.20 Å². The molecule has 0 aliphatic carbocycles. The third-order valence-corrected chi connectivity index (χ3v) is 5.40. The summed E-state index contributed by atoms with van der Waals surface area (Å²) >= 11 is 1.32. The number of ether oxygens (including phenoxy) is 2. The van der Waals surface area contributed by atoms with Crippen LogP contribution >= 0.6 is 11.8 Å². The topological polar surface area (TPSA) is 91.4 Å². The molecular formula is C20H20N4O3S. The molecule has 0 unspecified atom stereocenters. The molecule has 2 heterocycles. The zero-order valence-electron chi connectivity index (χ0n) is 15.3. The maximum atomic E-state index is 12.5. The highest BCUT2D eigenvalue weighted by atomic mass is 32.2. The number of nitrogens with zero attached hydrogens (tertiary/aromatic N) is 2. The van der Waals surface area contributed by atoms with Crippen LogP contribution in [-0.4, -0.2) is 27.6 Å². The van der Waals surface area contributed by atoms with Gasteiger partial charge in [-0.3, -0.25) is 4.79 Å². The van der Waals surface area contributed by atoms with Crippen molar-refractivity contribution in [1.29, 1.82) is 0 Å². The van der Waals surface area contributed by atoms with E-state index in [-0.39, 0.29) is 18.0 Å². The lowest BCUT2D eigenvalue weighted by atomic mass is 10.2. The highest BCUT2D eigenvalue weighted by molar-refractivity contribution is 8.00. The number of aromatic nitrogens is 2. The van der Waals surface area contributed by atoms with E-state index in [0.717, 1.165) is 22.6 Å². The van der Waals surface area contributed by atoms with Gasteiger partial charge in [0, 0.05) is 12.1 Å². The number of carbonyl (C=O) groups excluding carboxylic acids is 1. The predicted molar refractivity (Wildman–Crippen MR) is 108 cm³/mol. The molecule has 1 aliphatic heterocycles. The van der Waals surface area contributed by atoms with Crippen molar-refractivity contribution in [3.8, 4) is 22.8 Å². The van der Waals surface area contributed by atoms with E-state index in [4.69, 9.17) is 15.3 Å². The van der Waals surface area contributed by atoms with Gasteiger partial charge in [0.05, 0.1) is 17.1 Å². The first-order chi connectivity index (χ1) is 13.6. The normalized spacial score (nSPS) is 13.3. The average molecular weight is 396 g/mol. The predicted octanol–water partition coefficient (Wildman–Crippen LogP) is 2.79. The Morgan fingerprint density at radius 1 is 1.25 bits per heavy atom. The third kappa shape index (κ3) is 3.91. The molecule has 3 N–H and O–H groups in total. The first kappa shape index (κ1) is 18.2. The summed E-state index contributed by atoms with van der Waals surface area (Å²) in [6.07, 6.45) is 1.76. The lowest BCUT2D eigenvalue weighted by Gasteiger charge is -2.11. The maximum Gasteiger partial charge on any atom is 0.233 e. The van der Waals surface area contributed by atoms with E-state index in [2.05, 4.69) is 10.3 Å². The summed E-state index contributed by atoms with van der Waals surface area (Å²) in [5.74, 6) is 7.36. The Balaban J connectivity index is 1.36. The fourth-order valence-electron chi connectivity index (χ4n) is 2.81. The van der Waals surface area contributed by atoms with Crippen molar-refractivity contribution in [1.82, 2.24) is 15.0 Å². The number of nitrogens with one attached hydrogen (secondary N) is 1. The summed E-state index contributed by atoms with van der Waals surface area (Å²) in [4.78, 5) is 17.0. The molecule has 8 heteroatoms. The van der Waals surface area contributed by atoms with Crippen LogP contribution in [0, 0.1) is 0 Å². The quantitative estimate of drug-likeness (QED) is 0.492. The van der Waals surface area contributed by atoms with Crippen LogP contribution < -0.4 is 20.6 Å². The number of nitrogen functional groups attached to an aromatic ring is 1. The van der Waals surface area contributed by atoms with Crippen LogP contribution in [0.1, 0.15) is 12.5 Å². The second-order valence-corrected chi connectivity index (χ2v) is 7.66. The van der Waals surface area contributed by atoms with Gasteiger partial charge in [-0.05, 0) is 24.6 Å². The summed E-state index contributed by atoms with van der Waals surface area (Å²) in [7, 11) is 0. The van der Waals surface area contributed by atoms with Gasteiger partial charge in [0.2, 0.25) is 12.7 Å². The van der Waals surface area contributed by atoms with Crippen LogP contribution in [0.5, 0.6) is 11.5 Å². The third-order valence-electron chi connectivity index (χ3n) is 4.32. The van der Waals surface area contributed by atoms with Crippen LogP contribution in [-0.2, 0) is 11.3 Å². The van der Waals surface area contributed by atoms with Gasteiger partial charge in [-0.15, -0.1) is 0 Å². The molecular weight excluding hydrogens is 376 g/mol. The molecule has 0 fully saturated rings. The molecule has 0 spiro atoms. The standard InChI is InChI=1S/C20H20N4O3S/c1-13(19(25)22-10-14-7-8-17-18(9-14)27-12-26-17)28-20-23-16(11-24(20)21)15-5-3-2-4-6-15/h2-9,11,13H,10,12,21H2,1H3,(H,22,25)/t13-/m0/s1. The number of fused-ring (bicyclic) bond motifs is 1. The molecule has 0 radical (unpaired) electrons. The van der Waals surface area contributed by atoms with Crippen molar-refractivity contribution >= 4 is 17.7 Å². The van der Waals surface area contributed by atoms with E-state index in [0.29, 0.717) is 17.5 Å².